The molecule has 0 saturated heterocycles. The lowest BCUT2D eigenvalue weighted by molar-refractivity contribution is 0.740. The van der Waals surface area contributed by atoms with Gasteiger partial charge in [-0.2, -0.15) is 0 Å². The Hall–Kier alpha value is -1.28. The molecule has 0 unspecified atom stereocenters. The van der Waals surface area contributed by atoms with Gasteiger partial charge in [0.15, 0.2) is 0 Å². The van der Waals surface area contributed by atoms with Gasteiger partial charge in [0.1, 0.15) is 0 Å². The van der Waals surface area contributed by atoms with Crippen LogP contribution in [0.3, 0.4) is 0 Å². The highest BCUT2D eigenvalue weighted by Crippen LogP contribution is 2.44. The summed E-state index contributed by atoms with van der Waals surface area (Å²) in [6.45, 7) is 6.58. The molecule has 0 amide bonds. The van der Waals surface area contributed by atoms with Crippen molar-refractivity contribution in [1.29, 1.82) is 0 Å². The third-order valence-corrected chi connectivity index (χ3v) is 4.22. The van der Waals surface area contributed by atoms with Gasteiger partial charge in [-0.1, -0.05) is 32.0 Å². The number of benzene rings is 2. The molecule has 17 heavy (non-hydrogen) atoms. The normalized spacial score (nSPS) is 17.1. The van der Waals surface area contributed by atoms with Gasteiger partial charge in [-0.05, 0) is 35.4 Å². The summed E-state index contributed by atoms with van der Waals surface area (Å²) < 4.78 is 0. The van der Waals surface area contributed by atoms with E-state index in [-0.39, 0.29) is 5.41 Å². The second-order valence-corrected chi connectivity index (χ2v) is 5.64. The lowest BCUT2D eigenvalue weighted by Gasteiger charge is -2.22. The average Bonchev–Trinajstić information content (AvgIpc) is 2.50. The van der Waals surface area contributed by atoms with Crippen molar-refractivity contribution < 1.29 is 0 Å². The van der Waals surface area contributed by atoms with Crippen LogP contribution in [-0.4, -0.2) is 5.71 Å². The zero-order chi connectivity index (χ0) is 12.2. The Bertz CT molecular complexity index is 653. The Morgan fingerprint density at radius 3 is 2.59 bits per heavy atom. The predicted molar refractivity (Wildman–Crippen MR) is 77.0 cm³/mol. The van der Waals surface area contributed by atoms with Crippen LogP contribution < -0.4 is 0 Å². The summed E-state index contributed by atoms with van der Waals surface area (Å²) in [4.78, 5) is 5.71. The molecule has 0 atom stereocenters. The minimum atomic E-state index is 0.0242. The molecule has 2 aromatic rings. The van der Waals surface area contributed by atoms with Gasteiger partial charge in [0, 0.05) is 16.0 Å². The molecule has 0 spiro atoms. The smallest absolute Gasteiger partial charge is 0.0677 e. The highest BCUT2D eigenvalue weighted by molar-refractivity contribution is 7.80. The van der Waals surface area contributed by atoms with Gasteiger partial charge in [0.25, 0.3) is 0 Å². The van der Waals surface area contributed by atoms with Crippen molar-refractivity contribution in [2.24, 2.45) is 4.99 Å². The van der Waals surface area contributed by atoms with Crippen LogP contribution in [0.5, 0.6) is 0 Å². The van der Waals surface area contributed by atoms with E-state index in [2.05, 4.69) is 62.7 Å². The summed E-state index contributed by atoms with van der Waals surface area (Å²) in [6, 6.07) is 10.5. The summed E-state index contributed by atoms with van der Waals surface area (Å²) in [5.41, 5.74) is 3.66. The highest BCUT2D eigenvalue weighted by Gasteiger charge is 2.33. The Morgan fingerprint density at radius 2 is 1.82 bits per heavy atom. The fourth-order valence-electron chi connectivity index (χ4n) is 2.58. The Balaban J connectivity index is 2.46. The first-order valence-corrected chi connectivity index (χ1v) is 6.27. The van der Waals surface area contributed by atoms with Gasteiger partial charge < -0.3 is 0 Å². The van der Waals surface area contributed by atoms with Gasteiger partial charge in [0.2, 0.25) is 0 Å². The molecule has 0 fully saturated rings. The van der Waals surface area contributed by atoms with E-state index in [4.69, 9.17) is 0 Å². The molecule has 86 valence electrons. The summed E-state index contributed by atoms with van der Waals surface area (Å²) in [5.74, 6) is 0. The largest absolute Gasteiger partial charge is 0.257 e. The molecule has 2 heteroatoms. The summed E-state index contributed by atoms with van der Waals surface area (Å²) >= 11 is 4.53. The standard InChI is InChI=1S/C15H15NS/c1-9-15(2,3)14-11-5-4-6-13(17)10(11)7-8-12(14)16-9/h4-8,17H,1-3H3. The fraction of sp³-hybridized carbons (Fsp3) is 0.267. The van der Waals surface area contributed by atoms with E-state index in [1.165, 1.54) is 22.0 Å². The topological polar surface area (TPSA) is 12.4 Å². The molecule has 1 aliphatic rings. The summed E-state index contributed by atoms with van der Waals surface area (Å²) in [5, 5.41) is 2.49. The third kappa shape index (κ3) is 1.37. The van der Waals surface area contributed by atoms with Crippen molar-refractivity contribution in [2.45, 2.75) is 31.1 Å². The molecule has 1 nitrogen and oxygen atoms in total. The zero-order valence-electron chi connectivity index (χ0n) is 10.3. The number of hydrogen-bond acceptors (Lipinski definition) is 2. The predicted octanol–water partition coefficient (Wildman–Crippen LogP) is 4.51. The number of thiol groups is 1. The van der Waals surface area contributed by atoms with Crippen LogP contribution in [0.1, 0.15) is 26.3 Å². The van der Waals surface area contributed by atoms with Gasteiger partial charge in [-0.15, -0.1) is 12.6 Å². The summed E-state index contributed by atoms with van der Waals surface area (Å²) in [7, 11) is 0. The number of rotatable bonds is 0. The minimum absolute atomic E-state index is 0.0242. The lowest BCUT2D eigenvalue weighted by Crippen LogP contribution is -2.22. The van der Waals surface area contributed by atoms with Crippen LogP contribution >= 0.6 is 12.6 Å². The van der Waals surface area contributed by atoms with Crippen LogP contribution in [0.15, 0.2) is 40.2 Å². The van der Waals surface area contributed by atoms with Crippen LogP contribution in [0.2, 0.25) is 0 Å². The number of hydrogen-bond donors (Lipinski definition) is 1. The van der Waals surface area contributed by atoms with Crippen molar-refractivity contribution in [2.75, 3.05) is 0 Å². The monoisotopic (exact) mass is 241 g/mol. The van der Waals surface area contributed by atoms with Crippen LogP contribution in [-0.2, 0) is 5.41 Å². The molecular weight excluding hydrogens is 226 g/mol. The quantitative estimate of drug-likeness (QED) is 0.651. The van der Waals surface area contributed by atoms with E-state index in [1.807, 2.05) is 6.07 Å². The lowest BCUT2D eigenvalue weighted by atomic mass is 9.80. The maximum absolute atomic E-state index is 4.68. The highest BCUT2D eigenvalue weighted by atomic mass is 32.1. The Morgan fingerprint density at radius 1 is 1.06 bits per heavy atom. The molecule has 2 aromatic carbocycles. The second-order valence-electron chi connectivity index (χ2n) is 5.15. The number of nitrogens with zero attached hydrogens (tertiary/aromatic N) is 1. The minimum Gasteiger partial charge on any atom is -0.257 e. The number of fused-ring (bicyclic) bond motifs is 3. The van der Waals surface area contributed by atoms with Gasteiger partial charge >= 0.3 is 0 Å². The van der Waals surface area contributed by atoms with Crippen molar-refractivity contribution in [3.05, 3.63) is 35.9 Å². The SMILES string of the molecule is CC1=Nc2ccc3c(S)cccc3c2C1(C)C. The maximum Gasteiger partial charge on any atom is 0.0677 e. The van der Waals surface area contributed by atoms with Crippen molar-refractivity contribution in [3.63, 3.8) is 0 Å². The van der Waals surface area contributed by atoms with Crippen molar-refractivity contribution in [3.8, 4) is 0 Å². The Labute approximate surface area is 107 Å². The first-order chi connectivity index (χ1) is 8.01. The first kappa shape index (κ1) is 10.8. The van der Waals surface area contributed by atoms with E-state index in [9.17, 15) is 0 Å². The molecule has 1 aliphatic heterocycles. The van der Waals surface area contributed by atoms with E-state index in [0.717, 1.165) is 10.6 Å². The molecular formula is C15H15NS. The molecule has 3 rings (SSSR count). The van der Waals surface area contributed by atoms with E-state index >= 15 is 0 Å². The van der Waals surface area contributed by atoms with Crippen LogP contribution in [0, 0.1) is 0 Å². The first-order valence-electron chi connectivity index (χ1n) is 5.83. The van der Waals surface area contributed by atoms with Gasteiger partial charge in [-0.3, -0.25) is 4.99 Å². The Kier molecular flexibility index (Phi) is 2.14. The zero-order valence-corrected chi connectivity index (χ0v) is 11.2. The van der Waals surface area contributed by atoms with Crippen molar-refractivity contribution in [1.82, 2.24) is 0 Å². The maximum atomic E-state index is 4.68. The van der Waals surface area contributed by atoms with Crippen LogP contribution in [0.25, 0.3) is 10.8 Å². The summed E-state index contributed by atoms with van der Waals surface area (Å²) in [6.07, 6.45) is 0. The fourth-order valence-corrected chi connectivity index (χ4v) is 2.86. The molecule has 0 radical (unpaired) electrons. The second kappa shape index (κ2) is 3.36. The molecule has 1 heterocycles. The molecule has 0 aromatic heterocycles. The van der Waals surface area contributed by atoms with Gasteiger partial charge in [0.05, 0.1) is 5.69 Å². The molecule has 0 bridgehead atoms. The van der Waals surface area contributed by atoms with E-state index in [1.54, 1.807) is 0 Å². The molecule has 0 N–H and O–H groups in total. The van der Waals surface area contributed by atoms with Crippen molar-refractivity contribution >= 4 is 34.8 Å². The van der Waals surface area contributed by atoms with E-state index in [0.29, 0.717) is 0 Å². The number of aliphatic imine (C=N–C) groups is 1. The van der Waals surface area contributed by atoms with E-state index < -0.39 is 0 Å². The van der Waals surface area contributed by atoms with Crippen LogP contribution in [0.4, 0.5) is 5.69 Å². The van der Waals surface area contributed by atoms with Gasteiger partial charge in [-0.25, -0.2) is 0 Å². The average molecular weight is 241 g/mol. The third-order valence-electron chi connectivity index (χ3n) is 3.83. The molecule has 0 saturated carbocycles. The molecule has 0 aliphatic carbocycles.